The number of carbonyl (C=O) groups excluding carboxylic acids is 1. The maximum atomic E-state index is 12.8. The SMILES string of the molecule is COc1ccccc1OCCOc1ccccc1/C=C1/C(=N)N2N=C(c3ccccc3)SC2=NC1=O. The second-order valence-electron chi connectivity index (χ2n) is 7.68. The van der Waals surface area contributed by atoms with Crippen molar-refractivity contribution in [3.05, 3.63) is 95.6 Å². The number of aliphatic imine (C=N–C) groups is 1. The number of benzene rings is 3. The van der Waals surface area contributed by atoms with Crippen LogP contribution < -0.4 is 14.2 Å². The molecule has 5 rings (SSSR count). The first-order valence-electron chi connectivity index (χ1n) is 11.2. The van der Waals surface area contributed by atoms with Gasteiger partial charge < -0.3 is 14.2 Å². The lowest BCUT2D eigenvalue weighted by atomic mass is 10.1. The van der Waals surface area contributed by atoms with Gasteiger partial charge in [-0.15, -0.1) is 0 Å². The maximum Gasteiger partial charge on any atom is 0.283 e. The topological polar surface area (TPSA) is 96.6 Å². The predicted octanol–water partition coefficient (Wildman–Crippen LogP) is 4.82. The fourth-order valence-corrected chi connectivity index (χ4v) is 4.51. The van der Waals surface area contributed by atoms with Gasteiger partial charge in [0.05, 0.1) is 12.7 Å². The van der Waals surface area contributed by atoms with Crippen LogP contribution in [0.3, 0.4) is 0 Å². The molecule has 0 saturated heterocycles. The summed E-state index contributed by atoms with van der Waals surface area (Å²) in [6.07, 6.45) is 1.61. The molecular weight excluding hydrogens is 476 g/mol. The van der Waals surface area contributed by atoms with Crippen LogP contribution in [0.5, 0.6) is 17.2 Å². The highest BCUT2D eigenvalue weighted by Crippen LogP contribution is 2.32. The number of hydrogen-bond acceptors (Lipinski definition) is 7. The van der Waals surface area contributed by atoms with Crippen molar-refractivity contribution in [2.24, 2.45) is 10.1 Å². The summed E-state index contributed by atoms with van der Waals surface area (Å²) < 4.78 is 17.0. The Bertz CT molecular complexity index is 1400. The van der Waals surface area contributed by atoms with E-state index in [1.165, 1.54) is 16.8 Å². The summed E-state index contributed by atoms with van der Waals surface area (Å²) in [5.74, 6) is 1.33. The largest absolute Gasteiger partial charge is 0.493 e. The molecule has 0 unspecified atom stereocenters. The zero-order valence-corrected chi connectivity index (χ0v) is 20.2. The number of amides is 1. The predicted molar refractivity (Wildman–Crippen MR) is 141 cm³/mol. The second kappa shape index (κ2) is 10.5. The lowest BCUT2D eigenvalue weighted by Gasteiger charge is -2.20. The quantitative estimate of drug-likeness (QED) is 0.353. The molecule has 3 aromatic rings. The van der Waals surface area contributed by atoms with Crippen LogP contribution in [0.1, 0.15) is 11.1 Å². The number of ether oxygens (including phenoxy) is 3. The van der Waals surface area contributed by atoms with E-state index in [2.05, 4.69) is 10.1 Å². The summed E-state index contributed by atoms with van der Waals surface area (Å²) in [7, 11) is 1.59. The molecule has 2 heterocycles. The van der Waals surface area contributed by atoms with Crippen molar-refractivity contribution in [1.29, 1.82) is 5.41 Å². The van der Waals surface area contributed by atoms with E-state index < -0.39 is 5.91 Å². The molecule has 0 atom stereocenters. The molecule has 8 nitrogen and oxygen atoms in total. The number of rotatable bonds is 8. The summed E-state index contributed by atoms with van der Waals surface area (Å²) in [6.45, 7) is 0.578. The third-order valence-electron chi connectivity index (χ3n) is 5.36. The smallest absolute Gasteiger partial charge is 0.283 e. The first kappa shape index (κ1) is 23.4. The first-order valence-corrected chi connectivity index (χ1v) is 12.0. The van der Waals surface area contributed by atoms with Crippen molar-refractivity contribution in [3.8, 4) is 17.2 Å². The van der Waals surface area contributed by atoms with Crippen molar-refractivity contribution >= 4 is 39.8 Å². The number of nitrogens with zero attached hydrogens (tertiary/aromatic N) is 3. The average molecular weight is 499 g/mol. The van der Waals surface area contributed by atoms with E-state index in [0.29, 0.717) is 39.6 Å². The molecule has 2 aliphatic heterocycles. The standard InChI is InChI=1S/C27H22N4O4S/c1-33-22-13-7-8-14-23(22)35-16-15-34-21-12-6-5-11-19(21)17-20-24(28)31-27(29-25(20)32)36-26(30-31)18-9-3-2-4-10-18/h2-14,17,28H,15-16H2,1H3/b20-17-,28-24?. The molecule has 0 fully saturated rings. The molecule has 0 radical (unpaired) electrons. The fraction of sp³-hybridized carbons (Fsp3) is 0.111. The summed E-state index contributed by atoms with van der Waals surface area (Å²) >= 11 is 1.27. The van der Waals surface area contributed by atoms with Gasteiger partial charge in [0, 0.05) is 11.1 Å². The lowest BCUT2D eigenvalue weighted by molar-refractivity contribution is -0.114. The molecule has 1 N–H and O–H groups in total. The third-order valence-corrected chi connectivity index (χ3v) is 6.32. The second-order valence-corrected chi connectivity index (χ2v) is 8.63. The van der Waals surface area contributed by atoms with Crippen LogP contribution in [0.25, 0.3) is 6.08 Å². The van der Waals surface area contributed by atoms with E-state index >= 15 is 0 Å². The number of hydrazone groups is 1. The minimum Gasteiger partial charge on any atom is -0.493 e. The van der Waals surface area contributed by atoms with Crippen LogP contribution in [0.4, 0.5) is 0 Å². The minimum absolute atomic E-state index is 0.0299. The molecule has 2 aliphatic rings. The van der Waals surface area contributed by atoms with Crippen molar-refractivity contribution in [1.82, 2.24) is 5.01 Å². The summed E-state index contributed by atoms with van der Waals surface area (Å²) in [5.41, 5.74) is 1.69. The van der Waals surface area contributed by atoms with Crippen LogP contribution in [0.2, 0.25) is 0 Å². The molecule has 0 aliphatic carbocycles. The highest BCUT2D eigenvalue weighted by atomic mass is 32.2. The monoisotopic (exact) mass is 498 g/mol. The zero-order valence-electron chi connectivity index (χ0n) is 19.4. The number of para-hydroxylation sites is 3. The Kier molecular flexibility index (Phi) is 6.81. The number of hydrogen-bond donors (Lipinski definition) is 1. The molecule has 0 saturated carbocycles. The third kappa shape index (κ3) is 4.87. The van der Waals surface area contributed by atoms with E-state index in [0.717, 1.165) is 5.56 Å². The Balaban J connectivity index is 1.31. The van der Waals surface area contributed by atoms with E-state index in [9.17, 15) is 4.79 Å². The highest BCUT2D eigenvalue weighted by Gasteiger charge is 2.36. The first-order chi connectivity index (χ1) is 17.6. The van der Waals surface area contributed by atoms with Crippen LogP contribution in [0, 0.1) is 5.41 Å². The average Bonchev–Trinajstić information content (AvgIpc) is 3.34. The molecular formula is C27H22N4O4S. The van der Waals surface area contributed by atoms with Crippen LogP contribution in [-0.4, -0.2) is 47.3 Å². The molecule has 9 heteroatoms. The van der Waals surface area contributed by atoms with Gasteiger partial charge in [0.1, 0.15) is 24.0 Å². The van der Waals surface area contributed by atoms with Crippen molar-refractivity contribution in [2.75, 3.05) is 20.3 Å². The van der Waals surface area contributed by atoms with Gasteiger partial charge >= 0.3 is 0 Å². The van der Waals surface area contributed by atoms with Crippen LogP contribution in [0.15, 0.2) is 94.5 Å². The normalized spacial score (nSPS) is 15.9. The Morgan fingerprint density at radius 1 is 0.889 bits per heavy atom. The number of nitrogens with one attached hydrogen (secondary N) is 1. The lowest BCUT2D eigenvalue weighted by Crippen LogP contribution is -2.35. The Morgan fingerprint density at radius 3 is 2.28 bits per heavy atom. The van der Waals surface area contributed by atoms with Gasteiger partial charge in [0.2, 0.25) is 5.17 Å². The van der Waals surface area contributed by atoms with Gasteiger partial charge in [-0.05, 0) is 36.0 Å². The van der Waals surface area contributed by atoms with Gasteiger partial charge in [-0.1, -0.05) is 60.7 Å². The molecule has 0 spiro atoms. The Morgan fingerprint density at radius 2 is 1.53 bits per heavy atom. The molecule has 0 aromatic heterocycles. The Hall–Kier alpha value is -4.37. The molecule has 0 bridgehead atoms. The number of methoxy groups -OCH3 is 1. The van der Waals surface area contributed by atoms with Gasteiger partial charge in [0.25, 0.3) is 5.91 Å². The molecule has 1 amide bonds. The molecule has 36 heavy (non-hydrogen) atoms. The number of carbonyl (C=O) groups is 1. The van der Waals surface area contributed by atoms with Gasteiger partial charge in [-0.2, -0.15) is 15.1 Å². The fourth-order valence-electron chi connectivity index (χ4n) is 3.62. The maximum absolute atomic E-state index is 12.8. The van der Waals surface area contributed by atoms with Crippen molar-refractivity contribution < 1.29 is 19.0 Å². The van der Waals surface area contributed by atoms with E-state index in [4.69, 9.17) is 19.6 Å². The molecule has 180 valence electrons. The van der Waals surface area contributed by atoms with Crippen LogP contribution >= 0.6 is 11.8 Å². The van der Waals surface area contributed by atoms with Crippen molar-refractivity contribution in [2.45, 2.75) is 0 Å². The van der Waals surface area contributed by atoms with E-state index in [1.807, 2.05) is 72.8 Å². The number of thioether (sulfide) groups is 1. The van der Waals surface area contributed by atoms with E-state index in [1.54, 1.807) is 19.3 Å². The summed E-state index contributed by atoms with van der Waals surface area (Å²) in [5, 5.41) is 15.6. The molecule has 3 aromatic carbocycles. The van der Waals surface area contributed by atoms with Gasteiger partial charge in [0.15, 0.2) is 17.3 Å². The number of fused-ring (bicyclic) bond motifs is 1. The minimum atomic E-state index is -0.488. The van der Waals surface area contributed by atoms with Crippen LogP contribution in [-0.2, 0) is 4.79 Å². The summed E-state index contributed by atoms with van der Waals surface area (Å²) in [6, 6.07) is 24.3. The number of amidine groups is 2. The summed E-state index contributed by atoms with van der Waals surface area (Å²) in [4.78, 5) is 17.0. The van der Waals surface area contributed by atoms with E-state index in [-0.39, 0.29) is 18.0 Å². The zero-order chi connectivity index (χ0) is 24.9. The van der Waals surface area contributed by atoms with Gasteiger partial charge in [-0.3, -0.25) is 10.2 Å². The highest BCUT2D eigenvalue weighted by molar-refractivity contribution is 8.27. The Labute approximate surface area is 212 Å². The van der Waals surface area contributed by atoms with Crippen molar-refractivity contribution in [3.63, 3.8) is 0 Å². The van der Waals surface area contributed by atoms with Gasteiger partial charge in [-0.25, -0.2) is 0 Å².